The van der Waals surface area contributed by atoms with E-state index < -0.39 is 0 Å². The molecule has 2 atom stereocenters. The van der Waals surface area contributed by atoms with Crippen LogP contribution >= 0.6 is 0 Å². The summed E-state index contributed by atoms with van der Waals surface area (Å²) >= 11 is 0. The van der Waals surface area contributed by atoms with E-state index in [2.05, 4.69) is 20.5 Å². The minimum Gasteiger partial charge on any atom is -0.379 e. The summed E-state index contributed by atoms with van der Waals surface area (Å²) in [6, 6.07) is 0.905. The smallest absolute Gasteiger partial charge is 0.190 e. The standard InChI is InChI=1S/C18H34N4O2/c1-19-18(20-8-3-10-23-14-17-4-2-11-24-17)21-12-15-7-9-22(13-15)16-5-6-16/h15-17H,2-14H2,1H3,(H2,19,20,21). The minimum absolute atomic E-state index is 0.328. The van der Waals surface area contributed by atoms with Crippen LogP contribution in [0.4, 0.5) is 0 Å². The van der Waals surface area contributed by atoms with Crippen molar-refractivity contribution in [1.82, 2.24) is 15.5 Å². The minimum atomic E-state index is 0.328. The highest BCUT2D eigenvalue weighted by atomic mass is 16.5. The summed E-state index contributed by atoms with van der Waals surface area (Å²) in [5.74, 6) is 1.68. The van der Waals surface area contributed by atoms with Crippen molar-refractivity contribution in [3.63, 3.8) is 0 Å². The predicted molar refractivity (Wildman–Crippen MR) is 96.5 cm³/mol. The molecule has 6 heteroatoms. The second-order valence-electron chi connectivity index (χ2n) is 7.32. The zero-order valence-corrected chi connectivity index (χ0v) is 15.1. The molecule has 1 aliphatic carbocycles. The van der Waals surface area contributed by atoms with Gasteiger partial charge in [-0.15, -0.1) is 0 Å². The molecule has 6 nitrogen and oxygen atoms in total. The lowest BCUT2D eigenvalue weighted by molar-refractivity contribution is 0.0168. The van der Waals surface area contributed by atoms with E-state index in [4.69, 9.17) is 9.47 Å². The molecular formula is C18H34N4O2. The van der Waals surface area contributed by atoms with Crippen molar-refractivity contribution in [3.05, 3.63) is 0 Å². The number of nitrogens with one attached hydrogen (secondary N) is 2. The van der Waals surface area contributed by atoms with Crippen molar-refractivity contribution in [3.8, 4) is 0 Å². The van der Waals surface area contributed by atoms with Crippen LogP contribution in [0.2, 0.25) is 0 Å². The van der Waals surface area contributed by atoms with Crippen molar-refractivity contribution >= 4 is 5.96 Å². The number of hydrogen-bond donors (Lipinski definition) is 2. The topological polar surface area (TPSA) is 58.1 Å². The fourth-order valence-electron chi connectivity index (χ4n) is 3.63. The van der Waals surface area contributed by atoms with Gasteiger partial charge in [0.1, 0.15) is 0 Å². The Kier molecular flexibility index (Phi) is 7.17. The van der Waals surface area contributed by atoms with Crippen molar-refractivity contribution in [2.75, 3.05) is 53.0 Å². The van der Waals surface area contributed by atoms with E-state index in [1.54, 1.807) is 0 Å². The molecule has 0 aromatic heterocycles. The van der Waals surface area contributed by atoms with Crippen LogP contribution in [0, 0.1) is 5.92 Å². The average Bonchev–Trinajstić information content (AvgIpc) is 3.11. The molecule has 2 heterocycles. The highest BCUT2D eigenvalue weighted by Crippen LogP contribution is 2.31. The fourth-order valence-corrected chi connectivity index (χ4v) is 3.63. The quantitative estimate of drug-likeness (QED) is 0.376. The van der Waals surface area contributed by atoms with E-state index >= 15 is 0 Å². The zero-order valence-electron chi connectivity index (χ0n) is 15.1. The van der Waals surface area contributed by atoms with Gasteiger partial charge in [-0.05, 0) is 51.0 Å². The van der Waals surface area contributed by atoms with Crippen LogP contribution in [0.1, 0.15) is 38.5 Å². The van der Waals surface area contributed by atoms with Gasteiger partial charge in [0, 0.05) is 45.9 Å². The van der Waals surface area contributed by atoms with Crippen LogP contribution in [-0.2, 0) is 9.47 Å². The van der Waals surface area contributed by atoms with Gasteiger partial charge < -0.3 is 25.0 Å². The first kappa shape index (κ1) is 18.0. The lowest BCUT2D eigenvalue weighted by atomic mass is 10.1. The third kappa shape index (κ3) is 5.90. The Morgan fingerprint density at radius 3 is 2.92 bits per heavy atom. The monoisotopic (exact) mass is 338 g/mol. The number of ether oxygens (including phenoxy) is 2. The molecule has 2 N–H and O–H groups in total. The van der Waals surface area contributed by atoms with Crippen LogP contribution in [0.3, 0.4) is 0 Å². The SMILES string of the molecule is CN=C(NCCCOCC1CCCO1)NCC1CCN(C2CC2)C1. The van der Waals surface area contributed by atoms with Gasteiger partial charge in [0.15, 0.2) is 5.96 Å². The van der Waals surface area contributed by atoms with Gasteiger partial charge in [-0.2, -0.15) is 0 Å². The van der Waals surface area contributed by atoms with Gasteiger partial charge >= 0.3 is 0 Å². The lowest BCUT2D eigenvalue weighted by Gasteiger charge is -2.17. The first-order chi connectivity index (χ1) is 11.8. The van der Waals surface area contributed by atoms with E-state index in [9.17, 15) is 0 Å². The van der Waals surface area contributed by atoms with E-state index in [-0.39, 0.29) is 0 Å². The number of guanidine groups is 1. The first-order valence-corrected chi connectivity index (χ1v) is 9.73. The molecule has 1 saturated carbocycles. The Bertz CT molecular complexity index is 394. The molecule has 138 valence electrons. The lowest BCUT2D eigenvalue weighted by Crippen LogP contribution is -2.41. The van der Waals surface area contributed by atoms with Crippen molar-refractivity contribution < 1.29 is 9.47 Å². The summed E-state index contributed by atoms with van der Waals surface area (Å²) in [6.07, 6.45) is 7.79. The maximum Gasteiger partial charge on any atom is 0.190 e. The van der Waals surface area contributed by atoms with Crippen LogP contribution in [0.5, 0.6) is 0 Å². The molecule has 0 radical (unpaired) electrons. The molecule has 3 rings (SSSR count). The number of aliphatic imine (C=N–C) groups is 1. The Labute approximate surface area is 146 Å². The van der Waals surface area contributed by atoms with Crippen molar-refractivity contribution in [2.45, 2.75) is 50.7 Å². The Balaban J connectivity index is 1.19. The van der Waals surface area contributed by atoms with Crippen LogP contribution in [-0.4, -0.2) is 76.1 Å². The van der Waals surface area contributed by atoms with Gasteiger partial charge in [0.05, 0.1) is 12.7 Å². The summed E-state index contributed by atoms with van der Waals surface area (Å²) in [6.45, 7) is 6.88. The maximum atomic E-state index is 5.68. The average molecular weight is 338 g/mol. The van der Waals surface area contributed by atoms with Gasteiger partial charge in [-0.1, -0.05) is 0 Å². The van der Waals surface area contributed by atoms with Crippen molar-refractivity contribution in [1.29, 1.82) is 0 Å². The van der Waals surface area contributed by atoms with Crippen LogP contribution in [0.15, 0.2) is 4.99 Å². The number of hydrogen-bond acceptors (Lipinski definition) is 4. The highest BCUT2D eigenvalue weighted by molar-refractivity contribution is 5.79. The normalized spacial score (nSPS) is 28.5. The predicted octanol–water partition coefficient (Wildman–Crippen LogP) is 1.22. The Morgan fingerprint density at radius 2 is 2.17 bits per heavy atom. The summed E-state index contributed by atoms with van der Waals surface area (Å²) in [4.78, 5) is 6.98. The molecule has 0 bridgehead atoms. The second-order valence-corrected chi connectivity index (χ2v) is 7.32. The zero-order chi connectivity index (χ0) is 16.6. The van der Waals surface area contributed by atoms with E-state index in [0.717, 1.165) is 63.7 Å². The van der Waals surface area contributed by atoms with Crippen LogP contribution < -0.4 is 10.6 Å². The maximum absolute atomic E-state index is 5.68. The number of rotatable bonds is 9. The molecule has 2 unspecified atom stereocenters. The summed E-state index contributed by atoms with van der Waals surface area (Å²) in [7, 11) is 1.84. The molecule has 0 amide bonds. The summed E-state index contributed by atoms with van der Waals surface area (Å²) in [5, 5.41) is 6.86. The molecule has 0 aromatic rings. The molecule has 2 saturated heterocycles. The summed E-state index contributed by atoms with van der Waals surface area (Å²) < 4.78 is 11.2. The molecular weight excluding hydrogens is 304 g/mol. The third-order valence-electron chi connectivity index (χ3n) is 5.25. The molecule has 3 fully saturated rings. The van der Waals surface area contributed by atoms with Gasteiger partial charge in [0.2, 0.25) is 0 Å². The Morgan fingerprint density at radius 1 is 1.25 bits per heavy atom. The first-order valence-electron chi connectivity index (χ1n) is 9.73. The molecule has 0 aromatic carbocycles. The molecule has 24 heavy (non-hydrogen) atoms. The van der Waals surface area contributed by atoms with E-state index in [1.807, 2.05) is 7.05 Å². The van der Waals surface area contributed by atoms with Gasteiger partial charge in [0.25, 0.3) is 0 Å². The number of nitrogens with zero attached hydrogens (tertiary/aromatic N) is 2. The van der Waals surface area contributed by atoms with Crippen LogP contribution in [0.25, 0.3) is 0 Å². The largest absolute Gasteiger partial charge is 0.379 e. The molecule has 3 aliphatic rings. The fraction of sp³-hybridized carbons (Fsp3) is 0.944. The van der Waals surface area contributed by atoms with E-state index in [0.29, 0.717) is 6.10 Å². The van der Waals surface area contributed by atoms with E-state index in [1.165, 1.54) is 38.8 Å². The summed E-state index contributed by atoms with van der Waals surface area (Å²) in [5.41, 5.74) is 0. The van der Waals surface area contributed by atoms with Gasteiger partial charge in [-0.25, -0.2) is 0 Å². The second kappa shape index (κ2) is 9.59. The molecule has 0 spiro atoms. The van der Waals surface area contributed by atoms with Gasteiger partial charge in [-0.3, -0.25) is 4.99 Å². The highest BCUT2D eigenvalue weighted by Gasteiger charge is 2.34. The molecule has 2 aliphatic heterocycles. The van der Waals surface area contributed by atoms with Crippen molar-refractivity contribution in [2.24, 2.45) is 10.9 Å². The Hall–Kier alpha value is -0.850. The number of likely N-dealkylation sites (tertiary alicyclic amines) is 1. The third-order valence-corrected chi connectivity index (χ3v) is 5.25.